The third-order valence-corrected chi connectivity index (χ3v) is 3.84. The van der Waals surface area contributed by atoms with Crippen molar-refractivity contribution in [3.05, 3.63) is 23.2 Å². The molecule has 1 unspecified atom stereocenters. The first-order chi connectivity index (χ1) is 10.1. The average Bonchev–Trinajstić information content (AvgIpc) is 2.89. The maximum Gasteiger partial charge on any atom is 0.341 e. The number of carboxylic acids is 1. The molecule has 1 N–H and O–H groups in total. The summed E-state index contributed by atoms with van der Waals surface area (Å²) < 4.78 is 10.4. The molecule has 6 heteroatoms. The molecular formula is C15H21NO5. The Kier molecular flexibility index (Phi) is 5.01. The fraction of sp³-hybridized carbons (Fsp3) is 0.600. The number of ether oxygens (including phenoxy) is 1. The van der Waals surface area contributed by atoms with Gasteiger partial charge in [-0.2, -0.15) is 0 Å². The lowest BCUT2D eigenvalue weighted by Crippen LogP contribution is -2.43. The molecule has 0 radical (unpaired) electrons. The minimum absolute atomic E-state index is 0.404. The van der Waals surface area contributed by atoms with Crippen LogP contribution in [0.4, 0.5) is 0 Å². The summed E-state index contributed by atoms with van der Waals surface area (Å²) in [5.41, 5.74) is 0.430. The molecule has 1 atom stereocenters. The van der Waals surface area contributed by atoms with Crippen molar-refractivity contribution in [1.29, 1.82) is 0 Å². The molecule has 0 saturated carbocycles. The number of aryl methyl sites for hydroxylation is 1. The fourth-order valence-corrected chi connectivity index (χ4v) is 2.77. The molecule has 2 rings (SSSR count). The number of hydrogen-bond acceptors (Lipinski definition) is 5. The van der Waals surface area contributed by atoms with Crippen molar-refractivity contribution in [3.63, 3.8) is 0 Å². The summed E-state index contributed by atoms with van der Waals surface area (Å²) in [4.78, 5) is 24.9. The quantitative estimate of drug-likeness (QED) is 0.838. The van der Waals surface area contributed by atoms with Crippen molar-refractivity contribution in [3.8, 4) is 0 Å². The fourth-order valence-electron chi connectivity index (χ4n) is 2.77. The predicted octanol–water partition coefficient (Wildman–Crippen LogP) is 2.07. The number of aliphatic carboxylic acids is 1. The molecule has 1 fully saturated rings. The molecule has 1 aliphatic rings. The largest absolute Gasteiger partial charge is 0.480 e. The minimum atomic E-state index is -0.801. The molecule has 1 aromatic rings. The predicted molar refractivity (Wildman–Crippen MR) is 75.1 cm³/mol. The number of esters is 1. The summed E-state index contributed by atoms with van der Waals surface area (Å²) in [5, 5.41) is 9.27. The van der Waals surface area contributed by atoms with E-state index in [9.17, 15) is 14.7 Å². The lowest BCUT2D eigenvalue weighted by molar-refractivity contribution is -0.145. The molecule has 1 saturated heterocycles. The number of likely N-dealkylation sites (tertiary alicyclic amines) is 1. The highest BCUT2D eigenvalue weighted by atomic mass is 16.5. The molecule has 0 amide bonds. The van der Waals surface area contributed by atoms with Gasteiger partial charge in [-0.1, -0.05) is 13.3 Å². The van der Waals surface area contributed by atoms with Crippen LogP contribution in [0.3, 0.4) is 0 Å². The lowest BCUT2D eigenvalue weighted by atomic mass is 10.0. The number of furan rings is 1. The topological polar surface area (TPSA) is 80.0 Å². The number of piperidine rings is 1. The highest BCUT2D eigenvalue weighted by Crippen LogP contribution is 2.23. The monoisotopic (exact) mass is 295 g/mol. The second-order valence-electron chi connectivity index (χ2n) is 5.21. The molecule has 0 bridgehead atoms. The number of carboxylic acid groups (broad SMARTS) is 1. The van der Waals surface area contributed by atoms with Gasteiger partial charge in [0.25, 0.3) is 0 Å². The van der Waals surface area contributed by atoms with Crippen molar-refractivity contribution in [2.45, 2.75) is 45.2 Å². The SMILES string of the molecule is CCc1oc(CN2CCCCC2C(=O)O)cc1C(=O)OC. The van der Waals surface area contributed by atoms with Crippen molar-refractivity contribution in [1.82, 2.24) is 4.90 Å². The van der Waals surface area contributed by atoms with Crippen LogP contribution >= 0.6 is 0 Å². The van der Waals surface area contributed by atoms with Gasteiger partial charge in [0.05, 0.1) is 13.7 Å². The van der Waals surface area contributed by atoms with Crippen LogP contribution in [-0.2, 0) is 22.5 Å². The van der Waals surface area contributed by atoms with E-state index < -0.39 is 18.0 Å². The number of methoxy groups -OCH3 is 1. The van der Waals surface area contributed by atoms with E-state index >= 15 is 0 Å². The van der Waals surface area contributed by atoms with Crippen molar-refractivity contribution in [2.24, 2.45) is 0 Å². The smallest absolute Gasteiger partial charge is 0.341 e. The standard InChI is InChI=1S/C15H21NO5/c1-3-13-11(15(19)20-2)8-10(21-13)9-16-7-5-4-6-12(16)14(17)18/h8,12H,3-7,9H2,1-2H3,(H,17,18). The van der Waals surface area contributed by atoms with Crippen LogP contribution in [0.2, 0.25) is 0 Å². The van der Waals surface area contributed by atoms with E-state index in [1.807, 2.05) is 11.8 Å². The van der Waals surface area contributed by atoms with Gasteiger partial charge in [-0.25, -0.2) is 4.79 Å². The van der Waals surface area contributed by atoms with Gasteiger partial charge in [-0.05, 0) is 25.5 Å². The Hall–Kier alpha value is -1.82. The number of carbonyl (C=O) groups excluding carboxylic acids is 1. The van der Waals surface area contributed by atoms with Gasteiger partial charge in [0.1, 0.15) is 23.1 Å². The lowest BCUT2D eigenvalue weighted by Gasteiger charge is -2.31. The summed E-state index contributed by atoms with van der Waals surface area (Å²) in [6.45, 7) is 3.03. The van der Waals surface area contributed by atoms with Crippen LogP contribution in [0, 0.1) is 0 Å². The van der Waals surface area contributed by atoms with Crippen LogP contribution in [0.25, 0.3) is 0 Å². The van der Waals surface area contributed by atoms with Crippen molar-refractivity contribution >= 4 is 11.9 Å². The van der Waals surface area contributed by atoms with Gasteiger partial charge in [0, 0.05) is 6.42 Å². The molecule has 6 nitrogen and oxygen atoms in total. The van der Waals surface area contributed by atoms with E-state index in [1.54, 1.807) is 6.07 Å². The van der Waals surface area contributed by atoms with Crippen molar-refractivity contribution < 1.29 is 23.8 Å². The molecule has 21 heavy (non-hydrogen) atoms. The summed E-state index contributed by atoms with van der Waals surface area (Å²) in [6, 6.07) is 1.19. The van der Waals surface area contributed by atoms with Gasteiger partial charge in [-0.15, -0.1) is 0 Å². The zero-order chi connectivity index (χ0) is 15.4. The first kappa shape index (κ1) is 15.6. The normalized spacial score (nSPS) is 19.4. The van der Waals surface area contributed by atoms with E-state index in [-0.39, 0.29) is 0 Å². The first-order valence-electron chi connectivity index (χ1n) is 7.23. The summed E-state index contributed by atoms with van der Waals surface area (Å²) in [5.74, 6) is -0.0263. The Morgan fingerprint density at radius 1 is 1.48 bits per heavy atom. The Labute approximate surface area is 123 Å². The Balaban J connectivity index is 2.16. The molecule has 116 valence electrons. The number of hydrogen-bond donors (Lipinski definition) is 1. The maximum absolute atomic E-state index is 11.7. The average molecular weight is 295 g/mol. The number of carbonyl (C=O) groups is 2. The zero-order valence-corrected chi connectivity index (χ0v) is 12.4. The van der Waals surface area contributed by atoms with Crippen LogP contribution in [0.5, 0.6) is 0 Å². The highest BCUT2D eigenvalue weighted by molar-refractivity contribution is 5.90. The summed E-state index contributed by atoms with van der Waals surface area (Å²) in [7, 11) is 1.33. The van der Waals surface area contributed by atoms with Gasteiger partial charge < -0.3 is 14.3 Å². The van der Waals surface area contributed by atoms with Gasteiger partial charge in [0.15, 0.2) is 0 Å². The minimum Gasteiger partial charge on any atom is -0.480 e. The Morgan fingerprint density at radius 2 is 2.24 bits per heavy atom. The van der Waals surface area contributed by atoms with Crippen molar-refractivity contribution in [2.75, 3.05) is 13.7 Å². The molecule has 1 aromatic heterocycles. The van der Waals surface area contributed by atoms with E-state index in [0.717, 1.165) is 19.4 Å². The first-order valence-corrected chi connectivity index (χ1v) is 7.23. The molecule has 0 spiro atoms. The highest BCUT2D eigenvalue weighted by Gasteiger charge is 2.29. The van der Waals surface area contributed by atoms with Crippen LogP contribution in [0.1, 0.15) is 48.1 Å². The molecular weight excluding hydrogens is 274 g/mol. The molecule has 2 heterocycles. The second kappa shape index (κ2) is 6.76. The van der Waals surface area contributed by atoms with Gasteiger partial charge in [0.2, 0.25) is 0 Å². The summed E-state index contributed by atoms with van der Waals surface area (Å²) >= 11 is 0. The van der Waals surface area contributed by atoms with E-state index in [0.29, 0.717) is 36.5 Å². The van der Waals surface area contributed by atoms with Crippen LogP contribution < -0.4 is 0 Å². The third-order valence-electron chi connectivity index (χ3n) is 3.84. The van der Waals surface area contributed by atoms with Crippen LogP contribution in [-0.4, -0.2) is 41.6 Å². The Morgan fingerprint density at radius 3 is 2.86 bits per heavy atom. The van der Waals surface area contributed by atoms with E-state index in [1.165, 1.54) is 7.11 Å². The number of nitrogens with zero attached hydrogens (tertiary/aromatic N) is 1. The van der Waals surface area contributed by atoms with E-state index in [4.69, 9.17) is 9.15 Å². The Bertz CT molecular complexity index is 522. The third kappa shape index (κ3) is 3.44. The number of rotatable bonds is 5. The maximum atomic E-state index is 11.7. The molecule has 1 aliphatic heterocycles. The second-order valence-corrected chi connectivity index (χ2v) is 5.21. The van der Waals surface area contributed by atoms with Gasteiger partial charge in [-0.3, -0.25) is 9.69 Å². The molecule has 0 aromatic carbocycles. The van der Waals surface area contributed by atoms with E-state index in [2.05, 4.69) is 0 Å². The van der Waals surface area contributed by atoms with Gasteiger partial charge >= 0.3 is 11.9 Å². The molecule has 0 aliphatic carbocycles. The summed E-state index contributed by atoms with van der Waals surface area (Å²) in [6.07, 6.45) is 3.15. The van der Waals surface area contributed by atoms with Crippen LogP contribution in [0.15, 0.2) is 10.5 Å². The zero-order valence-electron chi connectivity index (χ0n) is 12.4.